The summed E-state index contributed by atoms with van der Waals surface area (Å²) in [4.78, 5) is 10.9. The van der Waals surface area contributed by atoms with Gasteiger partial charge in [0.25, 0.3) is 0 Å². The molecule has 0 saturated heterocycles. The van der Waals surface area contributed by atoms with Gasteiger partial charge in [0, 0.05) is 6.92 Å². The van der Waals surface area contributed by atoms with E-state index in [0.717, 1.165) is 12.8 Å². The standard InChI is InChI=1S/C12H14O2S/c1-8(13)14-11-7-6-9-4-2-3-5-10(9)12(11)15/h2-5,11-12,15H,6-7H2,1H3/t11-,12-/m1/s1. The third kappa shape index (κ3) is 2.17. The highest BCUT2D eigenvalue weighted by Crippen LogP contribution is 2.35. The van der Waals surface area contributed by atoms with Crippen LogP contribution in [0.5, 0.6) is 0 Å². The van der Waals surface area contributed by atoms with Crippen molar-refractivity contribution in [2.45, 2.75) is 31.1 Å². The first-order valence-electron chi connectivity index (χ1n) is 5.11. The van der Waals surface area contributed by atoms with E-state index >= 15 is 0 Å². The number of aryl methyl sites for hydroxylation is 1. The van der Waals surface area contributed by atoms with E-state index in [9.17, 15) is 4.79 Å². The smallest absolute Gasteiger partial charge is 0.302 e. The maximum Gasteiger partial charge on any atom is 0.302 e. The van der Waals surface area contributed by atoms with Gasteiger partial charge in [0.15, 0.2) is 0 Å². The number of hydrogen-bond acceptors (Lipinski definition) is 3. The molecule has 3 heteroatoms. The van der Waals surface area contributed by atoms with Crippen molar-refractivity contribution in [1.82, 2.24) is 0 Å². The summed E-state index contributed by atoms with van der Waals surface area (Å²) in [5, 5.41) is 0.0128. The van der Waals surface area contributed by atoms with E-state index in [1.165, 1.54) is 18.1 Å². The number of rotatable bonds is 1. The molecule has 0 radical (unpaired) electrons. The molecule has 2 nitrogen and oxygen atoms in total. The van der Waals surface area contributed by atoms with E-state index < -0.39 is 0 Å². The second-order valence-electron chi connectivity index (χ2n) is 3.83. The minimum absolute atomic E-state index is 0.0128. The van der Waals surface area contributed by atoms with Crippen molar-refractivity contribution in [3.8, 4) is 0 Å². The number of benzene rings is 1. The van der Waals surface area contributed by atoms with Gasteiger partial charge in [-0.25, -0.2) is 0 Å². The Morgan fingerprint density at radius 3 is 2.93 bits per heavy atom. The summed E-state index contributed by atoms with van der Waals surface area (Å²) in [5.41, 5.74) is 2.51. The number of carbonyl (C=O) groups is 1. The van der Waals surface area contributed by atoms with Crippen molar-refractivity contribution in [2.24, 2.45) is 0 Å². The van der Waals surface area contributed by atoms with Crippen molar-refractivity contribution in [1.29, 1.82) is 0 Å². The molecule has 0 aromatic heterocycles. The lowest BCUT2D eigenvalue weighted by molar-refractivity contribution is -0.146. The zero-order valence-electron chi connectivity index (χ0n) is 8.64. The first kappa shape index (κ1) is 10.6. The van der Waals surface area contributed by atoms with Crippen LogP contribution in [0.15, 0.2) is 24.3 Å². The van der Waals surface area contributed by atoms with Gasteiger partial charge >= 0.3 is 5.97 Å². The first-order valence-corrected chi connectivity index (χ1v) is 5.63. The summed E-state index contributed by atoms with van der Waals surface area (Å²) in [6.07, 6.45) is 1.75. The topological polar surface area (TPSA) is 26.3 Å². The molecule has 2 rings (SSSR count). The Bertz CT molecular complexity index is 376. The SMILES string of the molecule is CC(=O)O[C@@H]1CCc2ccccc2[C@H]1S. The van der Waals surface area contributed by atoms with Crippen LogP contribution in [0.25, 0.3) is 0 Å². The average molecular weight is 222 g/mol. The first-order chi connectivity index (χ1) is 7.18. The number of thiol groups is 1. The Balaban J connectivity index is 2.22. The van der Waals surface area contributed by atoms with Gasteiger partial charge in [0.1, 0.15) is 6.10 Å². The third-order valence-corrected chi connectivity index (χ3v) is 3.35. The second-order valence-corrected chi connectivity index (χ2v) is 4.39. The summed E-state index contributed by atoms with van der Waals surface area (Å²) in [6, 6.07) is 8.20. The molecule has 0 unspecified atom stereocenters. The molecule has 0 spiro atoms. The van der Waals surface area contributed by atoms with Gasteiger partial charge in [-0.05, 0) is 24.0 Å². The lowest BCUT2D eigenvalue weighted by Gasteiger charge is -2.29. The lowest BCUT2D eigenvalue weighted by atomic mass is 9.89. The van der Waals surface area contributed by atoms with Gasteiger partial charge in [0.2, 0.25) is 0 Å². The summed E-state index contributed by atoms with van der Waals surface area (Å²) in [5.74, 6) is -0.224. The van der Waals surface area contributed by atoms with Crippen LogP contribution in [-0.4, -0.2) is 12.1 Å². The summed E-state index contributed by atoms with van der Waals surface area (Å²) < 4.78 is 5.24. The zero-order valence-corrected chi connectivity index (χ0v) is 9.54. The Kier molecular flexibility index (Phi) is 3.00. The van der Waals surface area contributed by atoms with E-state index in [1.807, 2.05) is 12.1 Å². The van der Waals surface area contributed by atoms with Crippen molar-refractivity contribution in [3.05, 3.63) is 35.4 Å². The van der Waals surface area contributed by atoms with Crippen LogP contribution in [0, 0.1) is 0 Å². The molecular weight excluding hydrogens is 208 g/mol. The van der Waals surface area contributed by atoms with E-state index in [4.69, 9.17) is 4.74 Å². The molecule has 15 heavy (non-hydrogen) atoms. The molecule has 0 bridgehead atoms. The van der Waals surface area contributed by atoms with Crippen LogP contribution < -0.4 is 0 Å². The fourth-order valence-corrected chi connectivity index (χ4v) is 2.50. The van der Waals surface area contributed by atoms with Gasteiger partial charge in [-0.1, -0.05) is 24.3 Å². The molecule has 0 amide bonds. The van der Waals surface area contributed by atoms with Crippen molar-refractivity contribution < 1.29 is 9.53 Å². The van der Waals surface area contributed by atoms with Crippen molar-refractivity contribution in [2.75, 3.05) is 0 Å². The minimum atomic E-state index is -0.224. The van der Waals surface area contributed by atoms with Crippen LogP contribution in [-0.2, 0) is 16.0 Å². The molecule has 0 saturated carbocycles. The Hall–Kier alpha value is -0.960. The van der Waals surface area contributed by atoms with Gasteiger partial charge in [-0.3, -0.25) is 4.79 Å². The Labute approximate surface area is 95.0 Å². The van der Waals surface area contributed by atoms with Crippen molar-refractivity contribution in [3.63, 3.8) is 0 Å². The number of esters is 1. The highest BCUT2D eigenvalue weighted by Gasteiger charge is 2.28. The van der Waals surface area contributed by atoms with E-state index in [-0.39, 0.29) is 17.3 Å². The quantitative estimate of drug-likeness (QED) is 0.584. The number of fused-ring (bicyclic) bond motifs is 1. The summed E-state index contributed by atoms with van der Waals surface area (Å²) in [6.45, 7) is 1.45. The van der Waals surface area contributed by atoms with E-state index in [0.29, 0.717) is 0 Å². The molecule has 1 aliphatic rings. The largest absolute Gasteiger partial charge is 0.461 e. The van der Waals surface area contributed by atoms with Crippen LogP contribution in [0.4, 0.5) is 0 Å². The Morgan fingerprint density at radius 1 is 1.47 bits per heavy atom. The van der Waals surface area contributed by atoms with Crippen LogP contribution in [0.2, 0.25) is 0 Å². The maximum absolute atomic E-state index is 10.9. The number of carbonyl (C=O) groups excluding carboxylic acids is 1. The highest BCUT2D eigenvalue weighted by atomic mass is 32.1. The summed E-state index contributed by atoms with van der Waals surface area (Å²) in [7, 11) is 0. The molecule has 0 fully saturated rings. The van der Waals surface area contributed by atoms with Gasteiger partial charge in [-0.2, -0.15) is 12.6 Å². The molecule has 1 aromatic rings. The predicted octanol–water partition coefficient (Wildman–Crippen LogP) is 2.54. The van der Waals surface area contributed by atoms with Crippen molar-refractivity contribution >= 4 is 18.6 Å². The molecule has 1 aliphatic carbocycles. The molecular formula is C12H14O2S. The van der Waals surface area contributed by atoms with Gasteiger partial charge in [0.05, 0.1) is 5.25 Å². The third-order valence-electron chi connectivity index (χ3n) is 2.74. The fraction of sp³-hybridized carbons (Fsp3) is 0.417. The molecule has 1 aromatic carbocycles. The molecule has 0 heterocycles. The second kappa shape index (κ2) is 4.27. The minimum Gasteiger partial charge on any atom is -0.461 e. The van der Waals surface area contributed by atoms with Crippen LogP contribution in [0.3, 0.4) is 0 Å². The zero-order chi connectivity index (χ0) is 10.8. The molecule has 0 N–H and O–H groups in total. The van der Waals surface area contributed by atoms with Gasteiger partial charge < -0.3 is 4.74 Å². The Morgan fingerprint density at radius 2 is 2.20 bits per heavy atom. The van der Waals surface area contributed by atoms with E-state index in [2.05, 4.69) is 24.8 Å². The molecule has 80 valence electrons. The molecule has 2 atom stereocenters. The lowest BCUT2D eigenvalue weighted by Crippen LogP contribution is -2.26. The predicted molar refractivity (Wildman–Crippen MR) is 62.0 cm³/mol. The van der Waals surface area contributed by atoms with Crippen LogP contribution >= 0.6 is 12.6 Å². The fourth-order valence-electron chi connectivity index (χ4n) is 2.04. The monoisotopic (exact) mass is 222 g/mol. The number of ether oxygens (including phenoxy) is 1. The summed E-state index contributed by atoms with van der Waals surface area (Å²) >= 11 is 4.53. The average Bonchev–Trinajstić information content (AvgIpc) is 2.22. The number of hydrogen-bond donors (Lipinski definition) is 1. The maximum atomic E-state index is 10.9. The normalized spacial score (nSPS) is 24.4. The van der Waals surface area contributed by atoms with E-state index in [1.54, 1.807) is 0 Å². The highest BCUT2D eigenvalue weighted by molar-refractivity contribution is 7.80. The molecule has 0 aliphatic heterocycles. The van der Waals surface area contributed by atoms with Crippen LogP contribution in [0.1, 0.15) is 29.7 Å². The van der Waals surface area contributed by atoms with Gasteiger partial charge in [-0.15, -0.1) is 0 Å².